The molecule has 1 fully saturated rings. The highest BCUT2D eigenvalue weighted by Crippen LogP contribution is 2.09. The Labute approximate surface area is 99.4 Å². The molecule has 0 bridgehead atoms. The first-order chi connectivity index (χ1) is 7.72. The minimum atomic E-state index is 0.231. The molecule has 1 saturated heterocycles. The molecule has 0 aromatic carbocycles. The molecule has 94 valence electrons. The lowest BCUT2D eigenvalue weighted by Gasteiger charge is -2.27. The highest BCUT2D eigenvalue weighted by molar-refractivity contribution is 5.76. The third kappa shape index (κ3) is 5.50. The van der Waals surface area contributed by atoms with Gasteiger partial charge in [0.15, 0.2) is 0 Å². The van der Waals surface area contributed by atoms with Crippen LogP contribution in [0.4, 0.5) is 0 Å². The van der Waals surface area contributed by atoms with Crippen LogP contribution in [0.1, 0.15) is 52.4 Å². The van der Waals surface area contributed by atoms with Gasteiger partial charge in [0, 0.05) is 12.5 Å². The number of carbonyl (C=O) groups excluding carboxylic acids is 1. The van der Waals surface area contributed by atoms with Gasteiger partial charge in [0.25, 0.3) is 0 Å². The summed E-state index contributed by atoms with van der Waals surface area (Å²) < 4.78 is 0. The molecule has 1 amide bonds. The molecule has 2 N–H and O–H groups in total. The van der Waals surface area contributed by atoms with Gasteiger partial charge in [-0.1, -0.05) is 32.6 Å². The second-order valence-corrected chi connectivity index (χ2v) is 5.05. The fraction of sp³-hybridized carbons (Fsp3) is 0.923. The molecule has 3 nitrogen and oxygen atoms in total. The number of amides is 1. The highest BCUT2D eigenvalue weighted by Gasteiger charge is 2.20. The van der Waals surface area contributed by atoms with Crippen LogP contribution in [-0.4, -0.2) is 25.0 Å². The third-order valence-corrected chi connectivity index (χ3v) is 3.24. The van der Waals surface area contributed by atoms with Crippen LogP contribution >= 0.6 is 0 Å². The van der Waals surface area contributed by atoms with Gasteiger partial charge in [-0.3, -0.25) is 4.79 Å². The van der Waals surface area contributed by atoms with Crippen LogP contribution in [-0.2, 0) is 4.79 Å². The molecule has 0 aromatic heterocycles. The molecule has 1 unspecified atom stereocenters. The van der Waals surface area contributed by atoms with Gasteiger partial charge in [-0.15, -0.1) is 0 Å². The number of rotatable bonds is 8. The molecule has 1 rings (SSSR count). The van der Waals surface area contributed by atoms with E-state index in [4.69, 9.17) is 0 Å². The zero-order chi connectivity index (χ0) is 11.8. The molecule has 3 heteroatoms. The topological polar surface area (TPSA) is 41.1 Å². The molecular weight excluding hydrogens is 200 g/mol. The zero-order valence-corrected chi connectivity index (χ0v) is 10.7. The standard InChI is InChI=1S/C13H26N2O/c1-3-4-5-6-7-11(2)15-13(16)8-12-9-14-10-12/h11-12,14H,3-10H2,1-2H3,(H,15,16). The quantitative estimate of drug-likeness (QED) is 0.622. The fourth-order valence-corrected chi connectivity index (χ4v) is 2.04. The molecule has 1 heterocycles. The molecule has 0 aliphatic carbocycles. The van der Waals surface area contributed by atoms with Crippen LogP contribution < -0.4 is 10.6 Å². The van der Waals surface area contributed by atoms with Crippen LogP contribution in [0.15, 0.2) is 0 Å². The van der Waals surface area contributed by atoms with Gasteiger partial charge in [0.05, 0.1) is 0 Å². The number of hydrogen-bond donors (Lipinski definition) is 2. The summed E-state index contributed by atoms with van der Waals surface area (Å²) in [5, 5.41) is 6.28. The van der Waals surface area contributed by atoms with Gasteiger partial charge < -0.3 is 10.6 Å². The van der Waals surface area contributed by atoms with Gasteiger partial charge >= 0.3 is 0 Å². The Morgan fingerprint density at radius 3 is 2.69 bits per heavy atom. The maximum absolute atomic E-state index is 11.6. The van der Waals surface area contributed by atoms with E-state index in [0.29, 0.717) is 18.4 Å². The van der Waals surface area contributed by atoms with Crippen molar-refractivity contribution in [1.82, 2.24) is 10.6 Å². The van der Waals surface area contributed by atoms with E-state index < -0.39 is 0 Å². The Hall–Kier alpha value is -0.570. The Balaban J connectivity index is 1.98. The summed E-state index contributed by atoms with van der Waals surface area (Å²) in [6.07, 6.45) is 6.94. The average molecular weight is 226 g/mol. The lowest BCUT2D eigenvalue weighted by atomic mass is 9.98. The number of carbonyl (C=O) groups is 1. The largest absolute Gasteiger partial charge is 0.354 e. The summed E-state index contributed by atoms with van der Waals surface area (Å²) in [5.74, 6) is 0.807. The number of nitrogens with one attached hydrogen (secondary N) is 2. The average Bonchev–Trinajstić information content (AvgIpc) is 2.18. The van der Waals surface area contributed by atoms with Gasteiger partial charge in [0.1, 0.15) is 0 Å². The van der Waals surface area contributed by atoms with E-state index in [1.807, 2.05) is 0 Å². The van der Waals surface area contributed by atoms with Crippen LogP contribution in [0.25, 0.3) is 0 Å². The summed E-state index contributed by atoms with van der Waals surface area (Å²) >= 11 is 0. The lowest BCUT2D eigenvalue weighted by Crippen LogP contribution is -2.45. The van der Waals surface area contributed by atoms with E-state index in [1.165, 1.54) is 25.7 Å². The molecule has 0 radical (unpaired) electrons. The number of hydrogen-bond acceptors (Lipinski definition) is 2. The summed E-state index contributed by atoms with van der Waals surface area (Å²) in [4.78, 5) is 11.6. The number of unbranched alkanes of at least 4 members (excludes halogenated alkanes) is 3. The highest BCUT2D eigenvalue weighted by atomic mass is 16.1. The first kappa shape index (κ1) is 13.5. The SMILES string of the molecule is CCCCCCC(C)NC(=O)CC1CNC1. The van der Waals surface area contributed by atoms with Crippen LogP contribution in [0.2, 0.25) is 0 Å². The summed E-state index contributed by atoms with van der Waals surface area (Å²) in [7, 11) is 0. The third-order valence-electron chi connectivity index (χ3n) is 3.24. The molecule has 16 heavy (non-hydrogen) atoms. The maximum atomic E-state index is 11.6. The molecular formula is C13H26N2O. The Morgan fingerprint density at radius 2 is 2.12 bits per heavy atom. The van der Waals surface area contributed by atoms with Gasteiger partial charge in [-0.2, -0.15) is 0 Å². The fourth-order valence-electron chi connectivity index (χ4n) is 2.04. The van der Waals surface area contributed by atoms with Gasteiger partial charge in [0.2, 0.25) is 5.91 Å². The zero-order valence-electron chi connectivity index (χ0n) is 10.7. The molecule has 1 aliphatic heterocycles. The van der Waals surface area contributed by atoms with Gasteiger partial charge in [-0.05, 0) is 32.4 Å². The van der Waals surface area contributed by atoms with Crippen LogP contribution in [0.5, 0.6) is 0 Å². The van der Waals surface area contributed by atoms with Crippen molar-refractivity contribution in [1.29, 1.82) is 0 Å². The van der Waals surface area contributed by atoms with Crippen molar-refractivity contribution in [2.24, 2.45) is 5.92 Å². The second kappa shape index (κ2) is 7.66. The Bertz CT molecular complexity index is 202. The molecule has 1 aliphatic rings. The van der Waals surface area contributed by atoms with Crippen LogP contribution in [0.3, 0.4) is 0 Å². The van der Waals surface area contributed by atoms with Crippen molar-refractivity contribution in [3.63, 3.8) is 0 Å². The van der Waals surface area contributed by atoms with E-state index in [1.54, 1.807) is 0 Å². The smallest absolute Gasteiger partial charge is 0.220 e. The summed E-state index contributed by atoms with van der Waals surface area (Å²) in [5.41, 5.74) is 0. The van der Waals surface area contributed by atoms with Crippen molar-refractivity contribution in [2.75, 3.05) is 13.1 Å². The van der Waals surface area contributed by atoms with E-state index >= 15 is 0 Å². The monoisotopic (exact) mass is 226 g/mol. The maximum Gasteiger partial charge on any atom is 0.220 e. The Morgan fingerprint density at radius 1 is 1.38 bits per heavy atom. The van der Waals surface area contributed by atoms with E-state index in [2.05, 4.69) is 24.5 Å². The first-order valence-electron chi connectivity index (χ1n) is 6.72. The molecule has 0 aromatic rings. The minimum absolute atomic E-state index is 0.231. The van der Waals surface area contributed by atoms with Crippen molar-refractivity contribution in [3.05, 3.63) is 0 Å². The van der Waals surface area contributed by atoms with Crippen LogP contribution in [0, 0.1) is 5.92 Å². The van der Waals surface area contributed by atoms with Crippen molar-refractivity contribution < 1.29 is 4.79 Å². The van der Waals surface area contributed by atoms with Crippen molar-refractivity contribution in [3.8, 4) is 0 Å². The predicted octanol–water partition coefficient (Wildman–Crippen LogP) is 2.07. The van der Waals surface area contributed by atoms with E-state index in [0.717, 1.165) is 19.5 Å². The van der Waals surface area contributed by atoms with Crippen molar-refractivity contribution in [2.45, 2.75) is 58.4 Å². The van der Waals surface area contributed by atoms with Crippen molar-refractivity contribution >= 4 is 5.91 Å². The summed E-state index contributed by atoms with van der Waals surface area (Å²) in [6, 6.07) is 0.345. The van der Waals surface area contributed by atoms with E-state index in [9.17, 15) is 4.79 Å². The second-order valence-electron chi connectivity index (χ2n) is 5.05. The predicted molar refractivity (Wildman–Crippen MR) is 67.3 cm³/mol. The first-order valence-corrected chi connectivity index (χ1v) is 6.72. The molecule has 0 spiro atoms. The summed E-state index contributed by atoms with van der Waals surface area (Å²) in [6.45, 7) is 6.36. The van der Waals surface area contributed by atoms with Gasteiger partial charge in [-0.25, -0.2) is 0 Å². The lowest BCUT2D eigenvalue weighted by molar-refractivity contribution is -0.123. The van der Waals surface area contributed by atoms with E-state index in [-0.39, 0.29) is 5.91 Å². The normalized spacial score (nSPS) is 17.9. The molecule has 1 atom stereocenters. The minimum Gasteiger partial charge on any atom is -0.354 e. The Kier molecular flexibility index (Phi) is 6.46. The molecule has 0 saturated carbocycles.